The third kappa shape index (κ3) is 2.93. The first-order valence-corrected chi connectivity index (χ1v) is 5.06. The Bertz CT molecular complexity index is 150. The van der Waals surface area contributed by atoms with Crippen LogP contribution in [0, 0.1) is 5.92 Å². The molecule has 1 rings (SSSR count). The Balaban J connectivity index is 2.31. The van der Waals surface area contributed by atoms with E-state index in [1.807, 2.05) is 6.92 Å². The fourth-order valence-electron chi connectivity index (χ4n) is 1.91. The Morgan fingerprint density at radius 1 is 1.54 bits per heavy atom. The van der Waals surface area contributed by atoms with Gasteiger partial charge < -0.3 is 9.84 Å². The summed E-state index contributed by atoms with van der Waals surface area (Å²) in [5.74, 6) is 0.659. The molecule has 3 heteroatoms. The number of nitrogens with zero attached hydrogens (tertiary/aromatic N) is 1. The third-order valence-electron chi connectivity index (χ3n) is 2.99. The third-order valence-corrected chi connectivity index (χ3v) is 2.99. The maximum absolute atomic E-state index is 9.42. The fourth-order valence-corrected chi connectivity index (χ4v) is 1.91. The van der Waals surface area contributed by atoms with Gasteiger partial charge in [0.15, 0.2) is 0 Å². The number of ether oxygens (including phenoxy) is 1. The summed E-state index contributed by atoms with van der Waals surface area (Å²) < 4.78 is 5.13. The van der Waals surface area contributed by atoms with Crippen LogP contribution in [0.3, 0.4) is 0 Å². The van der Waals surface area contributed by atoms with Crippen LogP contribution in [0.15, 0.2) is 0 Å². The second-order valence-corrected chi connectivity index (χ2v) is 4.09. The normalized spacial score (nSPS) is 29.1. The minimum absolute atomic E-state index is 0.235. The number of rotatable bonds is 4. The lowest BCUT2D eigenvalue weighted by molar-refractivity contribution is 0.0783. The SMILES string of the molecule is COCC1CCN(C(C)C(C)O)C1. The topological polar surface area (TPSA) is 32.7 Å². The number of aliphatic hydroxyl groups excluding tert-OH is 1. The van der Waals surface area contributed by atoms with Crippen molar-refractivity contribution in [3.05, 3.63) is 0 Å². The zero-order valence-corrected chi connectivity index (χ0v) is 8.86. The standard InChI is InChI=1S/C10H21NO2/c1-8(9(2)12)11-5-4-10(6-11)7-13-3/h8-10,12H,4-7H2,1-3H3. The predicted molar refractivity (Wildman–Crippen MR) is 52.7 cm³/mol. The number of hydrogen-bond donors (Lipinski definition) is 1. The Kier molecular flexibility index (Phi) is 4.16. The van der Waals surface area contributed by atoms with Gasteiger partial charge >= 0.3 is 0 Å². The van der Waals surface area contributed by atoms with Gasteiger partial charge in [-0.05, 0) is 32.7 Å². The van der Waals surface area contributed by atoms with Crippen molar-refractivity contribution in [2.24, 2.45) is 5.92 Å². The monoisotopic (exact) mass is 187 g/mol. The molecule has 1 heterocycles. The Morgan fingerprint density at radius 2 is 2.23 bits per heavy atom. The minimum Gasteiger partial charge on any atom is -0.392 e. The van der Waals surface area contributed by atoms with Gasteiger partial charge in [-0.2, -0.15) is 0 Å². The van der Waals surface area contributed by atoms with Crippen molar-refractivity contribution < 1.29 is 9.84 Å². The summed E-state index contributed by atoms with van der Waals surface area (Å²) in [6, 6.07) is 0.279. The molecule has 3 unspecified atom stereocenters. The summed E-state index contributed by atoms with van der Waals surface area (Å²) in [5, 5.41) is 9.42. The minimum atomic E-state index is -0.235. The van der Waals surface area contributed by atoms with E-state index in [4.69, 9.17) is 4.74 Å². The van der Waals surface area contributed by atoms with Gasteiger partial charge in [-0.15, -0.1) is 0 Å². The smallest absolute Gasteiger partial charge is 0.0664 e. The summed E-state index contributed by atoms with van der Waals surface area (Å²) in [6.45, 7) is 6.96. The lowest BCUT2D eigenvalue weighted by Gasteiger charge is -2.26. The van der Waals surface area contributed by atoms with E-state index in [2.05, 4.69) is 11.8 Å². The maximum Gasteiger partial charge on any atom is 0.0664 e. The van der Waals surface area contributed by atoms with Crippen LogP contribution in [-0.4, -0.2) is 49.0 Å². The fraction of sp³-hybridized carbons (Fsp3) is 1.00. The number of likely N-dealkylation sites (tertiary alicyclic amines) is 1. The van der Waals surface area contributed by atoms with Crippen molar-refractivity contribution in [3.8, 4) is 0 Å². The zero-order chi connectivity index (χ0) is 9.84. The van der Waals surface area contributed by atoms with Gasteiger partial charge in [-0.25, -0.2) is 0 Å². The highest BCUT2D eigenvalue weighted by Gasteiger charge is 2.27. The van der Waals surface area contributed by atoms with Crippen molar-refractivity contribution in [1.82, 2.24) is 4.90 Å². The molecule has 0 amide bonds. The molecular formula is C10H21NO2. The molecule has 1 N–H and O–H groups in total. The van der Waals surface area contributed by atoms with E-state index in [0.29, 0.717) is 5.92 Å². The van der Waals surface area contributed by atoms with Crippen LogP contribution in [0.4, 0.5) is 0 Å². The number of aliphatic hydroxyl groups is 1. The average Bonchev–Trinajstić information content (AvgIpc) is 2.52. The molecule has 78 valence electrons. The molecular weight excluding hydrogens is 166 g/mol. The average molecular weight is 187 g/mol. The number of hydrogen-bond acceptors (Lipinski definition) is 3. The van der Waals surface area contributed by atoms with Crippen LogP contribution in [0.5, 0.6) is 0 Å². The summed E-state index contributed by atoms with van der Waals surface area (Å²) >= 11 is 0. The molecule has 13 heavy (non-hydrogen) atoms. The van der Waals surface area contributed by atoms with E-state index >= 15 is 0 Å². The summed E-state index contributed by atoms with van der Waals surface area (Å²) in [4.78, 5) is 2.34. The highest BCUT2D eigenvalue weighted by molar-refractivity contribution is 4.81. The molecule has 0 spiro atoms. The zero-order valence-electron chi connectivity index (χ0n) is 8.86. The lowest BCUT2D eigenvalue weighted by Crippen LogP contribution is -2.38. The Hall–Kier alpha value is -0.120. The van der Waals surface area contributed by atoms with Crippen molar-refractivity contribution in [2.75, 3.05) is 26.8 Å². The molecule has 3 atom stereocenters. The van der Waals surface area contributed by atoms with Gasteiger partial charge in [-0.1, -0.05) is 0 Å². The predicted octanol–water partition coefficient (Wildman–Crippen LogP) is 0.724. The first-order valence-electron chi connectivity index (χ1n) is 5.06. The van der Waals surface area contributed by atoms with Crippen LogP contribution < -0.4 is 0 Å². The molecule has 0 aromatic carbocycles. The van der Waals surface area contributed by atoms with Crippen LogP contribution in [-0.2, 0) is 4.74 Å². The van der Waals surface area contributed by atoms with E-state index in [1.165, 1.54) is 6.42 Å². The van der Waals surface area contributed by atoms with Gasteiger partial charge in [0, 0.05) is 19.7 Å². The van der Waals surface area contributed by atoms with E-state index in [-0.39, 0.29) is 12.1 Å². The molecule has 1 fully saturated rings. The number of methoxy groups -OCH3 is 1. The summed E-state index contributed by atoms with van der Waals surface area (Å²) in [7, 11) is 1.75. The maximum atomic E-state index is 9.42. The molecule has 1 aliphatic rings. The first-order chi connectivity index (χ1) is 6.15. The van der Waals surface area contributed by atoms with E-state index < -0.39 is 0 Å². The molecule has 1 saturated heterocycles. The summed E-state index contributed by atoms with van der Waals surface area (Å²) in [5.41, 5.74) is 0. The highest BCUT2D eigenvalue weighted by atomic mass is 16.5. The van der Waals surface area contributed by atoms with Gasteiger partial charge in [0.25, 0.3) is 0 Å². The van der Waals surface area contributed by atoms with E-state index in [9.17, 15) is 5.11 Å². The highest BCUT2D eigenvalue weighted by Crippen LogP contribution is 2.19. The lowest BCUT2D eigenvalue weighted by atomic mass is 10.1. The van der Waals surface area contributed by atoms with Crippen molar-refractivity contribution >= 4 is 0 Å². The van der Waals surface area contributed by atoms with Crippen LogP contribution in [0.25, 0.3) is 0 Å². The molecule has 0 saturated carbocycles. The van der Waals surface area contributed by atoms with Gasteiger partial charge in [0.1, 0.15) is 0 Å². The molecule has 3 nitrogen and oxygen atoms in total. The second-order valence-electron chi connectivity index (χ2n) is 4.09. The molecule has 0 aromatic rings. The van der Waals surface area contributed by atoms with Crippen molar-refractivity contribution in [3.63, 3.8) is 0 Å². The van der Waals surface area contributed by atoms with Gasteiger partial charge in [-0.3, -0.25) is 4.90 Å². The van der Waals surface area contributed by atoms with E-state index in [0.717, 1.165) is 19.7 Å². The molecule has 0 aromatic heterocycles. The Morgan fingerprint density at radius 3 is 2.77 bits per heavy atom. The van der Waals surface area contributed by atoms with Crippen molar-refractivity contribution in [1.29, 1.82) is 0 Å². The van der Waals surface area contributed by atoms with Crippen molar-refractivity contribution in [2.45, 2.75) is 32.4 Å². The summed E-state index contributed by atoms with van der Waals surface area (Å²) in [6.07, 6.45) is 0.964. The van der Waals surface area contributed by atoms with Crippen LogP contribution >= 0.6 is 0 Å². The van der Waals surface area contributed by atoms with E-state index in [1.54, 1.807) is 7.11 Å². The molecule has 1 aliphatic heterocycles. The molecule has 0 aliphatic carbocycles. The first kappa shape index (κ1) is 11.0. The van der Waals surface area contributed by atoms with Crippen LogP contribution in [0.1, 0.15) is 20.3 Å². The molecule has 0 bridgehead atoms. The van der Waals surface area contributed by atoms with Gasteiger partial charge in [0.2, 0.25) is 0 Å². The second kappa shape index (κ2) is 4.94. The largest absolute Gasteiger partial charge is 0.392 e. The van der Waals surface area contributed by atoms with Gasteiger partial charge in [0.05, 0.1) is 12.7 Å². The quantitative estimate of drug-likeness (QED) is 0.704. The molecule has 0 radical (unpaired) electrons. The Labute approximate surface area is 80.7 Å². The van der Waals surface area contributed by atoms with Crippen LogP contribution in [0.2, 0.25) is 0 Å².